The molecule has 1 aliphatic heterocycles. The molecule has 1 aliphatic rings. The van der Waals surface area contributed by atoms with Crippen molar-refractivity contribution in [2.45, 2.75) is 19.1 Å². The molecule has 0 aromatic rings. The zero-order chi connectivity index (χ0) is 11.8. The lowest BCUT2D eigenvalue weighted by atomic mass is 10.2. The predicted molar refractivity (Wildman–Crippen MR) is 69.1 cm³/mol. The first-order chi connectivity index (χ1) is 7.74. The van der Waals surface area contributed by atoms with E-state index in [-0.39, 0.29) is 6.10 Å². The first-order valence-corrected chi connectivity index (χ1v) is 7.09. The Labute approximate surface area is 103 Å². The van der Waals surface area contributed by atoms with E-state index < -0.39 is 0 Å². The van der Waals surface area contributed by atoms with Crippen LogP contribution in [0.3, 0.4) is 0 Å². The second kappa shape index (κ2) is 8.31. The minimum Gasteiger partial charge on any atom is -0.390 e. The van der Waals surface area contributed by atoms with Gasteiger partial charge in [-0.2, -0.15) is 11.8 Å². The number of β-amino-alcohol motifs (C(OH)–C–C–N with tert-alkyl or cyclic N) is 1. The summed E-state index contributed by atoms with van der Waals surface area (Å²) in [6.45, 7) is 6.27. The molecule has 2 unspecified atom stereocenters. The van der Waals surface area contributed by atoms with Crippen LogP contribution in [0.1, 0.15) is 6.92 Å². The van der Waals surface area contributed by atoms with Gasteiger partial charge in [-0.15, -0.1) is 0 Å². The second-order valence-corrected chi connectivity index (χ2v) is 5.42. The number of thioether (sulfide) groups is 1. The molecule has 0 amide bonds. The Morgan fingerprint density at radius 3 is 3.12 bits per heavy atom. The normalized spacial score (nSPS) is 24.6. The van der Waals surface area contributed by atoms with Gasteiger partial charge in [-0.3, -0.25) is 4.90 Å². The molecule has 1 rings (SSSR count). The average molecular weight is 248 g/mol. The molecule has 0 radical (unpaired) electrons. The van der Waals surface area contributed by atoms with Crippen LogP contribution in [0.5, 0.6) is 0 Å². The number of hydrogen-bond donors (Lipinski definition) is 2. The topological polar surface area (TPSA) is 44.7 Å². The summed E-state index contributed by atoms with van der Waals surface area (Å²) in [5.74, 6) is 2.37. The minimum atomic E-state index is -0.276. The molecule has 4 nitrogen and oxygen atoms in total. The molecule has 0 spiro atoms. The van der Waals surface area contributed by atoms with E-state index in [9.17, 15) is 5.11 Å². The van der Waals surface area contributed by atoms with Crippen LogP contribution in [0.15, 0.2) is 0 Å². The maximum atomic E-state index is 9.87. The lowest BCUT2D eigenvalue weighted by Gasteiger charge is -2.34. The van der Waals surface area contributed by atoms with Crippen LogP contribution < -0.4 is 5.32 Å². The van der Waals surface area contributed by atoms with Crippen LogP contribution in [0.2, 0.25) is 0 Å². The molecule has 2 N–H and O–H groups in total. The highest BCUT2D eigenvalue weighted by atomic mass is 32.2. The van der Waals surface area contributed by atoms with Gasteiger partial charge in [0.1, 0.15) is 0 Å². The van der Waals surface area contributed by atoms with E-state index in [2.05, 4.69) is 17.1 Å². The summed E-state index contributed by atoms with van der Waals surface area (Å²) >= 11 is 2.00. The van der Waals surface area contributed by atoms with E-state index in [0.29, 0.717) is 19.2 Å². The van der Waals surface area contributed by atoms with E-state index in [4.69, 9.17) is 4.74 Å². The molecule has 2 atom stereocenters. The number of ether oxygens (including phenoxy) is 1. The van der Waals surface area contributed by atoms with E-state index in [1.807, 2.05) is 11.8 Å². The molecule has 0 aromatic carbocycles. The van der Waals surface area contributed by atoms with Crippen molar-refractivity contribution in [1.82, 2.24) is 10.2 Å². The van der Waals surface area contributed by atoms with Gasteiger partial charge in [0.25, 0.3) is 0 Å². The number of methoxy groups -OCH3 is 1. The van der Waals surface area contributed by atoms with Crippen LogP contribution in [0.4, 0.5) is 0 Å². The number of nitrogens with zero attached hydrogens (tertiary/aromatic N) is 1. The SMILES string of the molecule is COCCNCC(O)CN1CCSCC1C. The number of aliphatic hydroxyl groups excluding tert-OH is 1. The highest BCUT2D eigenvalue weighted by molar-refractivity contribution is 7.99. The molecule has 0 saturated carbocycles. The van der Waals surface area contributed by atoms with Crippen molar-refractivity contribution in [1.29, 1.82) is 0 Å². The van der Waals surface area contributed by atoms with Gasteiger partial charge in [-0.1, -0.05) is 0 Å². The quantitative estimate of drug-likeness (QED) is 0.622. The van der Waals surface area contributed by atoms with E-state index in [1.54, 1.807) is 7.11 Å². The molecule has 0 bridgehead atoms. The molecule has 5 heteroatoms. The van der Waals surface area contributed by atoms with Crippen LogP contribution in [-0.2, 0) is 4.74 Å². The van der Waals surface area contributed by atoms with Crippen molar-refractivity contribution >= 4 is 11.8 Å². The van der Waals surface area contributed by atoms with Gasteiger partial charge in [-0.05, 0) is 6.92 Å². The maximum absolute atomic E-state index is 9.87. The largest absolute Gasteiger partial charge is 0.390 e. The van der Waals surface area contributed by atoms with Crippen molar-refractivity contribution in [3.05, 3.63) is 0 Å². The number of nitrogens with one attached hydrogen (secondary N) is 1. The van der Waals surface area contributed by atoms with Crippen molar-refractivity contribution in [2.75, 3.05) is 51.4 Å². The molecule has 0 aliphatic carbocycles. The Morgan fingerprint density at radius 2 is 2.44 bits per heavy atom. The summed E-state index contributed by atoms with van der Waals surface area (Å²) in [5.41, 5.74) is 0. The molecule has 0 aromatic heterocycles. The summed E-state index contributed by atoms with van der Waals surface area (Å²) in [5, 5.41) is 13.1. The van der Waals surface area contributed by atoms with E-state index >= 15 is 0 Å². The summed E-state index contributed by atoms with van der Waals surface area (Å²) < 4.78 is 4.93. The average Bonchev–Trinajstić information content (AvgIpc) is 2.28. The van der Waals surface area contributed by atoms with Gasteiger partial charge < -0.3 is 15.2 Å². The first kappa shape index (κ1) is 14.3. The Hall–Kier alpha value is 0.190. The van der Waals surface area contributed by atoms with Crippen LogP contribution in [0, 0.1) is 0 Å². The fourth-order valence-corrected chi connectivity index (χ4v) is 2.89. The summed E-state index contributed by atoms with van der Waals surface area (Å²) in [6.07, 6.45) is -0.276. The van der Waals surface area contributed by atoms with Crippen molar-refractivity contribution < 1.29 is 9.84 Å². The molecule has 1 fully saturated rings. The lowest BCUT2D eigenvalue weighted by Crippen LogP contribution is -2.46. The van der Waals surface area contributed by atoms with Crippen molar-refractivity contribution in [3.63, 3.8) is 0 Å². The van der Waals surface area contributed by atoms with E-state index in [1.165, 1.54) is 11.5 Å². The Balaban J connectivity index is 2.09. The molecule has 16 heavy (non-hydrogen) atoms. The first-order valence-electron chi connectivity index (χ1n) is 5.93. The summed E-state index contributed by atoms with van der Waals surface area (Å²) in [4.78, 5) is 2.37. The van der Waals surface area contributed by atoms with Crippen molar-refractivity contribution in [3.8, 4) is 0 Å². The highest BCUT2D eigenvalue weighted by Gasteiger charge is 2.20. The van der Waals surface area contributed by atoms with Gasteiger partial charge in [0, 0.05) is 50.8 Å². The Bertz CT molecular complexity index is 183. The van der Waals surface area contributed by atoms with Crippen LogP contribution >= 0.6 is 11.8 Å². The highest BCUT2D eigenvalue weighted by Crippen LogP contribution is 2.15. The summed E-state index contributed by atoms with van der Waals surface area (Å²) in [7, 11) is 1.69. The third kappa shape index (κ3) is 5.50. The van der Waals surface area contributed by atoms with Crippen LogP contribution in [-0.4, -0.2) is 73.6 Å². The standard InChI is InChI=1S/C11H24N2O2S/c1-10-9-16-6-4-13(10)8-11(14)7-12-3-5-15-2/h10-12,14H,3-9H2,1-2H3. The minimum absolute atomic E-state index is 0.276. The zero-order valence-electron chi connectivity index (χ0n) is 10.3. The monoisotopic (exact) mass is 248 g/mol. The smallest absolute Gasteiger partial charge is 0.0791 e. The van der Waals surface area contributed by atoms with Crippen LogP contribution in [0.25, 0.3) is 0 Å². The van der Waals surface area contributed by atoms with E-state index in [0.717, 1.165) is 19.6 Å². The third-order valence-electron chi connectivity index (χ3n) is 2.81. The number of rotatable bonds is 7. The zero-order valence-corrected chi connectivity index (χ0v) is 11.1. The number of hydrogen-bond acceptors (Lipinski definition) is 5. The maximum Gasteiger partial charge on any atom is 0.0791 e. The number of aliphatic hydroxyl groups is 1. The van der Waals surface area contributed by atoms with Crippen molar-refractivity contribution in [2.24, 2.45) is 0 Å². The Kier molecular flexibility index (Phi) is 7.40. The third-order valence-corrected chi connectivity index (χ3v) is 4.00. The van der Waals surface area contributed by atoms with Gasteiger partial charge in [0.15, 0.2) is 0 Å². The van der Waals surface area contributed by atoms with Gasteiger partial charge in [-0.25, -0.2) is 0 Å². The Morgan fingerprint density at radius 1 is 1.62 bits per heavy atom. The second-order valence-electron chi connectivity index (χ2n) is 4.27. The van der Waals surface area contributed by atoms with Gasteiger partial charge in [0.2, 0.25) is 0 Å². The fraction of sp³-hybridized carbons (Fsp3) is 1.00. The molecule has 1 heterocycles. The molecule has 96 valence electrons. The van der Waals surface area contributed by atoms with Gasteiger partial charge in [0.05, 0.1) is 12.7 Å². The molecule has 1 saturated heterocycles. The fourth-order valence-electron chi connectivity index (χ4n) is 1.81. The van der Waals surface area contributed by atoms with Gasteiger partial charge >= 0.3 is 0 Å². The lowest BCUT2D eigenvalue weighted by molar-refractivity contribution is 0.0956. The molecular weight excluding hydrogens is 224 g/mol. The predicted octanol–water partition coefficient (Wildman–Crippen LogP) is 0.0206. The molecular formula is C11H24N2O2S. The summed E-state index contributed by atoms with van der Waals surface area (Å²) in [6, 6.07) is 0.590.